The smallest absolute Gasteiger partial charge is 0.307 e. The monoisotopic (exact) mass is 510 g/mol. The lowest BCUT2D eigenvalue weighted by Crippen LogP contribution is -2.45. The fraction of sp³-hybridized carbons (Fsp3) is 0.533. The van der Waals surface area contributed by atoms with Crippen molar-refractivity contribution in [3.8, 4) is 16.9 Å². The Bertz CT molecular complexity index is 1160. The average Bonchev–Trinajstić information content (AvgIpc) is 3.35. The van der Waals surface area contributed by atoms with E-state index in [1.807, 2.05) is 27.0 Å². The second kappa shape index (κ2) is 10.8. The summed E-state index contributed by atoms with van der Waals surface area (Å²) in [5.41, 5.74) is 2.76. The Morgan fingerprint density at radius 3 is 2.59 bits per heavy atom. The molecule has 2 aromatic rings. The van der Waals surface area contributed by atoms with Gasteiger partial charge in [-0.15, -0.1) is 0 Å². The van der Waals surface area contributed by atoms with E-state index in [1.165, 1.54) is 6.07 Å². The van der Waals surface area contributed by atoms with Crippen LogP contribution in [0, 0.1) is 11.2 Å². The molecule has 1 aliphatic carbocycles. The number of carboxylic acid groups (broad SMARTS) is 1. The molecule has 2 aliphatic rings. The van der Waals surface area contributed by atoms with Crippen LogP contribution in [0.25, 0.3) is 11.1 Å². The molecule has 0 unspecified atom stereocenters. The Kier molecular flexibility index (Phi) is 7.93. The number of carboxylic acids is 1. The molecule has 3 atom stereocenters. The number of nitrogens with one attached hydrogen (secondary N) is 1. The molecule has 1 saturated carbocycles. The number of benzene rings is 2. The number of ether oxygens (including phenoxy) is 1. The van der Waals surface area contributed by atoms with Crippen LogP contribution in [0.15, 0.2) is 36.4 Å². The maximum Gasteiger partial charge on any atom is 0.307 e. The van der Waals surface area contributed by atoms with Crippen molar-refractivity contribution in [2.75, 3.05) is 13.6 Å². The predicted octanol–water partition coefficient (Wildman–Crippen LogP) is 5.39. The molecule has 0 bridgehead atoms. The van der Waals surface area contributed by atoms with Gasteiger partial charge in [-0.3, -0.25) is 14.5 Å². The third-order valence-electron chi connectivity index (χ3n) is 7.60. The number of amides is 1. The molecule has 7 heteroatoms. The van der Waals surface area contributed by atoms with E-state index < -0.39 is 5.97 Å². The van der Waals surface area contributed by atoms with Crippen molar-refractivity contribution in [3.05, 3.63) is 53.3 Å². The summed E-state index contributed by atoms with van der Waals surface area (Å²) in [4.78, 5) is 26.5. The van der Waals surface area contributed by atoms with Gasteiger partial charge in [0.2, 0.25) is 5.91 Å². The molecule has 6 nitrogen and oxygen atoms in total. The molecular weight excluding hydrogens is 471 g/mol. The van der Waals surface area contributed by atoms with Gasteiger partial charge in [0, 0.05) is 24.6 Å². The predicted molar refractivity (Wildman–Crippen MR) is 142 cm³/mol. The number of carbonyl (C=O) groups is 2. The van der Waals surface area contributed by atoms with Gasteiger partial charge in [-0.05, 0) is 72.5 Å². The van der Waals surface area contributed by atoms with E-state index in [-0.39, 0.29) is 47.7 Å². The lowest BCUT2D eigenvalue weighted by Gasteiger charge is -2.22. The third kappa shape index (κ3) is 6.32. The minimum Gasteiger partial charge on any atom is -0.490 e. The highest BCUT2D eigenvalue weighted by molar-refractivity contribution is 5.82. The van der Waals surface area contributed by atoms with Crippen molar-refractivity contribution < 1.29 is 23.8 Å². The Morgan fingerprint density at radius 2 is 1.95 bits per heavy atom. The number of likely N-dealkylation sites (N-methyl/N-ethyl adjacent to an activating group) is 1. The maximum absolute atomic E-state index is 14.8. The summed E-state index contributed by atoms with van der Waals surface area (Å²) < 4.78 is 21.3. The molecule has 0 aromatic heterocycles. The van der Waals surface area contributed by atoms with Crippen LogP contribution in [0.3, 0.4) is 0 Å². The summed E-state index contributed by atoms with van der Waals surface area (Å²) >= 11 is 0. The molecule has 1 heterocycles. The van der Waals surface area contributed by atoms with Crippen LogP contribution in [-0.4, -0.2) is 53.7 Å². The Hall–Kier alpha value is -2.93. The molecule has 1 saturated heterocycles. The van der Waals surface area contributed by atoms with E-state index in [2.05, 4.69) is 24.1 Å². The molecule has 2 aromatic carbocycles. The molecule has 1 aliphatic heterocycles. The molecule has 2 fully saturated rings. The number of hydrogen-bond donors (Lipinski definition) is 2. The number of halogens is 1. The first kappa shape index (κ1) is 27.1. The highest BCUT2D eigenvalue weighted by Gasteiger charge is 2.40. The third-order valence-corrected chi connectivity index (χ3v) is 7.60. The SMILES string of the molecule is CC(C)c1c(F)cccc1-c1cc(CC(=O)O)ccc1O[C@@H]1CC[C@@H](NC(=O)[C@@H]2CC(C)(C)CN2C)C1. The number of rotatable bonds is 8. The minimum atomic E-state index is -0.923. The summed E-state index contributed by atoms with van der Waals surface area (Å²) in [7, 11) is 2.01. The van der Waals surface area contributed by atoms with Crippen molar-refractivity contribution in [2.45, 2.75) is 83.9 Å². The minimum absolute atomic E-state index is 0.0461. The van der Waals surface area contributed by atoms with Crippen LogP contribution < -0.4 is 10.1 Å². The first-order chi connectivity index (χ1) is 17.4. The van der Waals surface area contributed by atoms with E-state index in [1.54, 1.807) is 24.3 Å². The van der Waals surface area contributed by atoms with Crippen LogP contribution in [-0.2, 0) is 16.0 Å². The van der Waals surface area contributed by atoms with Crippen molar-refractivity contribution in [2.24, 2.45) is 5.41 Å². The number of carbonyl (C=O) groups excluding carboxylic acids is 1. The number of aliphatic carboxylic acids is 1. The van der Waals surface area contributed by atoms with Gasteiger partial charge < -0.3 is 15.2 Å². The second-order valence-corrected chi connectivity index (χ2v) is 11.8. The summed E-state index contributed by atoms with van der Waals surface area (Å²) in [6.45, 7) is 9.17. The Balaban J connectivity index is 1.52. The van der Waals surface area contributed by atoms with E-state index >= 15 is 0 Å². The van der Waals surface area contributed by atoms with Crippen LogP contribution >= 0.6 is 0 Å². The Morgan fingerprint density at radius 1 is 1.19 bits per heavy atom. The van der Waals surface area contributed by atoms with Gasteiger partial charge in [0.15, 0.2) is 0 Å². The number of nitrogens with zero attached hydrogens (tertiary/aromatic N) is 1. The first-order valence-electron chi connectivity index (χ1n) is 13.2. The zero-order valence-electron chi connectivity index (χ0n) is 22.5. The van der Waals surface area contributed by atoms with E-state index in [0.717, 1.165) is 25.8 Å². The zero-order valence-corrected chi connectivity index (χ0v) is 22.5. The molecule has 1 amide bonds. The van der Waals surface area contributed by atoms with Gasteiger partial charge in [0.25, 0.3) is 0 Å². The van der Waals surface area contributed by atoms with Gasteiger partial charge in [-0.1, -0.05) is 45.9 Å². The number of hydrogen-bond acceptors (Lipinski definition) is 4. The van der Waals surface area contributed by atoms with E-state index in [9.17, 15) is 19.1 Å². The van der Waals surface area contributed by atoms with Gasteiger partial charge in [0.1, 0.15) is 17.7 Å². The van der Waals surface area contributed by atoms with Gasteiger partial charge >= 0.3 is 5.97 Å². The van der Waals surface area contributed by atoms with Crippen molar-refractivity contribution in [1.82, 2.24) is 10.2 Å². The summed E-state index contributed by atoms with van der Waals surface area (Å²) in [6, 6.07) is 10.3. The first-order valence-corrected chi connectivity index (χ1v) is 13.2. The van der Waals surface area contributed by atoms with Crippen molar-refractivity contribution >= 4 is 11.9 Å². The van der Waals surface area contributed by atoms with Crippen LogP contribution in [0.2, 0.25) is 0 Å². The molecule has 4 rings (SSSR count). The largest absolute Gasteiger partial charge is 0.490 e. The molecule has 2 N–H and O–H groups in total. The van der Waals surface area contributed by atoms with Gasteiger partial charge in [-0.25, -0.2) is 4.39 Å². The molecular formula is C30H39FN2O4. The average molecular weight is 511 g/mol. The van der Waals surface area contributed by atoms with Crippen LogP contribution in [0.4, 0.5) is 4.39 Å². The lowest BCUT2D eigenvalue weighted by atomic mass is 9.90. The highest BCUT2D eigenvalue weighted by atomic mass is 19.1. The highest BCUT2D eigenvalue weighted by Crippen LogP contribution is 2.39. The molecule has 37 heavy (non-hydrogen) atoms. The van der Waals surface area contributed by atoms with Crippen molar-refractivity contribution in [1.29, 1.82) is 0 Å². The molecule has 0 spiro atoms. The van der Waals surface area contributed by atoms with E-state index in [0.29, 0.717) is 34.4 Å². The normalized spacial score (nSPS) is 23.4. The van der Waals surface area contributed by atoms with Gasteiger partial charge in [0.05, 0.1) is 12.5 Å². The molecule has 200 valence electrons. The fourth-order valence-corrected chi connectivity index (χ4v) is 6.01. The van der Waals surface area contributed by atoms with Gasteiger partial charge in [-0.2, -0.15) is 0 Å². The summed E-state index contributed by atoms with van der Waals surface area (Å²) in [5.74, 6) is -0.578. The second-order valence-electron chi connectivity index (χ2n) is 11.8. The zero-order chi connectivity index (χ0) is 26.9. The summed E-state index contributed by atoms with van der Waals surface area (Å²) in [6.07, 6.45) is 2.96. The fourth-order valence-electron chi connectivity index (χ4n) is 6.01. The van der Waals surface area contributed by atoms with E-state index in [4.69, 9.17) is 4.74 Å². The number of likely N-dealkylation sites (tertiary alicyclic amines) is 1. The Labute approximate surface area is 219 Å². The van der Waals surface area contributed by atoms with Crippen LogP contribution in [0.5, 0.6) is 5.75 Å². The van der Waals surface area contributed by atoms with Crippen LogP contribution in [0.1, 0.15) is 70.4 Å². The summed E-state index contributed by atoms with van der Waals surface area (Å²) in [5, 5.41) is 12.5. The lowest BCUT2D eigenvalue weighted by molar-refractivity contribution is -0.136. The molecule has 0 radical (unpaired) electrons. The van der Waals surface area contributed by atoms with Crippen molar-refractivity contribution in [3.63, 3.8) is 0 Å². The topological polar surface area (TPSA) is 78.9 Å². The quantitative estimate of drug-likeness (QED) is 0.498. The maximum atomic E-state index is 14.8. The standard InChI is InChI=1S/C30H39FN2O4/c1-18(2)28-22(7-6-8-24(28)31)23-13-19(14-27(34)35)9-12-26(23)37-21-11-10-20(15-21)32-29(36)25-16-30(3,4)17-33(25)5/h6-9,12-13,18,20-21,25H,10-11,14-17H2,1-5H3,(H,32,36)(H,34,35)/t20-,21-,25+/m1/s1.